The fraction of sp³-hybridized carbons (Fsp3) is 0.632. The molecule has 0 aliphatic heterocycles. The van der Waals surface area contributed by atoms with Gasteiger partial charge < -0.3 is 15.5 Å². The van der Waals surface area contributed by atoms with Crippen molar-refractivity contribution in [2.24, 2.45) is 0 Å². The number of hydrogen-bond donors (Lipinski definition) is 3. The Bertz CT molecular complexity index is 478. The number of thiocarbonyl (C=S) groups is 1. The van der Waals surface area contributed by atoms with E-state index >= 15 is 0 Å². The number of rotatable bonds is 6. The van der Waals surface area contributed by atoms with Crippen LogP contribution >= 0.6 is 12.2 Å². The summed E-state index contributed by atoms with van der Waals surface area (Å²) in [5, 5.41) is 7.75. The molecule has 1 atom stereocenters. The molecular weight excluding hydrogens is 302 g/mol. The van der Waals surface area contributed by atoms with E-state index in [2.05, 4.69) is 55.9 Å². The van der Waals surface area contributed by atoms with Gasteiger partial charge in [0.2, 0.25) is 0 Å². The van der Waals surface area contributed by atoms with E-state index < -0.39 is 0 Å². The molecule has 1 aromatic rings. The summed E-state index contributed by atoms with van der Waals surface area (Å²) in [7, 11) is 4.41. The maximum atomic E-state index is 5.50. The van der Waals surface area contributed by atoms with Gasteiger partial charge in [0.25, 0.3) is 0 Å². The minimum Gasteiger partial charge on any atom is -0.360 e. The maximum absolute atomic E-state index is 5.50. The summed E-state index contributed by atoms with van der Waals surface area (Å²) in [6, 6.07) is 9.98. The van der Waals surface area contributed by atoms with Crippen LogP contribution in [0, 0.1) is 0 Å². The molecule has 2 rings (SSSR count). The Hall–Kier alpha value is -1.13. The molecule has 1 aliphatic rings. The van der Waals surface area contributed by atoms with E-state index in [9.17, 15) is 0 Å². The molecule has 0 heterocycles. The van der Waals surface area contributed by atoms with Crippen molar-refractivity contribution < 1.29 is 4.90 Å². The Kier molecular flexibility index (Phi) is 7.31. The van der Waals surface area contributed by atoms with Crippen LogP contribution in [0.15, 0.2) is 24.3 Å². The van der Waals surface area contributed by atoms with Crippen molar-refractivity contribution in [3.8, 4) is 0 Å². The van der Waals surface area contributed by atoms with Crippen LogP contribution in [0.2, 0.25) is 0 Å². The highest BCUT2D eigenvalue weighted by Gasteiger charge is 2.19. The van der Waals surface area contributed by atoms with Crippen molar-refractivity contribution in [1.82, 2.24) is 10.6 Å². The molecule has 128 valence electrons. The van der Waals surface area contributed by atoms with Gasteiger partial charge in [-0.25, -0.2) is 0 Å². The van der Waals surface area contributed by atoms with E-state index in [-0.39, 0.29) is 0 Å². The first-order valence-corrected chi connectivity index (χ1v) is 9.44. The van der Waals surface area contributed by atoms with Crippen LogP contribution in [0.1, 0.15) is 56.2 Å². The third kappa shape index (κ3) is 5.78. The van der Waals surface area contributed by atoms with E-state index in [4.69, 9.17) is 12.2 Å². The van der Waals surface area contributed by atoms with Crippen LogP contribution in [0.3, 0.4) is 0 Å². The highest BCUT2D eigenvalue weighted by atomic mass is 32.1. The Labute approximate surface area is 146 Å². The molecule has 0 unspecified atom stereocenters. The van der Waals surface area contributed by atoms with Crippen molar-refractivity contribution >= 4 is 17.3 Å². The number of likely N-dealkylation sites (N-methyl/N-ethyl adjacent to an activating group) is 1. The minimum absolute atomic E-state index is 0.409. The summed E-state index contributed by atoms with van der Waals surface area (Å²) in [6.45, 7) is 3.06. The van der Waals surface area contributed by atoms with Gasteiger partial charge in [0.05, 0.1) is 20.6 Å². The standard InChI is InChI=1S/C19H31N3S/c1-4-15-10-12-16(13-11-15)18(22(2)3)14-20-19(23)21-17-8-6-5-7-9-17/h10-13,17-18H,4-9,14H2,1-3H3,(H2,20,21,23)/p+1/t18-/m0/s1. The third-order valence-corrected chi connectivity index (χ3v) is 5.16. The van der Waals surface area contributed by atoms with Crippen molar-refractivity contribution in [2.45, 2.75) is 57.5 Å². The average Bonchev–Trinajstić information content (AvgIpc) is 2.56. The van der Waals surface area contributed by atoms with Crippen LogP contribution in [0.4, 0.5) is 0 Å². The first kappa shape index (κ1) is 18.2. The summed E-state index contributed by atoms with van der Waals surface area (Å²) < 4.78 is 0. The topological polar surface area (TPSA) is 28.5 Å². The first-order valence-electron chi connectivity index (χ1n) is 9.03. The summed E-state index contributed by atoms with van der Waals surface area (Å²) in [5.41, 5.74) is 2.76. The van der Waals surface area contributed by atoms with Gasteiger partial charge in [-0.2, -0.15) is 0 Å². The summed E-state index contributed by atoms with van der Waals surface area (Å²) in [4.78, 5) is 1.42. The molecule has 0 radical (unpaired) electrons. The second kappa shape index (κ2) is 9.24. The zero-order valence-electron chi connectivity index (χ0n) is 14.8. The lowest BCUT2D eigenvalue weighted by molar-refractivity contribution is -0.890. The van der Waals surface area contributed by atoms with Gasteiger partial charge in [-0.1, -0.05) is 50.5 Å². The Morgan fingerprint density at radius 2 is 1.83 bits per heavy atom. The average molecular weight is 335 g/mol. The fourth-order valence-electron chi connectivity index (χ4n) is 3.32. The Morgan fingerprint density at radius 1 is 1.17 bits per heavy atom. The molecule has 0 bridgehead atoms. The molecule has 0 saturated heterocycles. The van der Waals surface area contributed by atoms with Crippen LogP contribution < -0.4 is 15.5 Å². The van der Waals surface area contributed by atoms with Crippen molar-refractivity contribution in [3.05, 3.63) is 35.4 Å². The minimum atomic E-state index is 0.409. The second-order valence-corrected chi connectivity index (χ2v) is 7.32. The van der Waals surface area contributed by atoms with Gasteiger partial charge in [-0.05, 0) is 37.0 Å². The van der Waals surface area contributed by atoms with Crippen LogP contribution in [-0.2, 0) is 6.42 Å². The molecule has 3 N–H and O–H groups in total. The third-order valence-electron chi connectivity index (χ3n) is 4.89. The van der Waals surface area contributed by atoms with Crippen LogP contribution in [0.5, 0.6) is 0 Å². The Morgan fingerprint density at radius 3 is 2.39 bits per heavy atom. The van der Waals surface area contributed by atoms with Crippen molar-refractivity contribution in [1.29, 1.82) is 0 Å². The largest absolute Gasteiger partial charge is 0.360 e. The normalized spacial score (nSPS) is 17.0. The quantitative estimate of drug-likeness (QED) is 0.697. The highest BCUT2D eigenvalue weighted by molar-refractivity contribution is 7.80. The number of benzene rings is 1. The van der Waals surface area contributed by atoms with Gasteiger partial charge in [0.15, 0.2) is 5.11 Å². The van der Waals surface area contributed by atoms with E-state index in [0.717, 1.165) is 18.1 Å². The van der Waals surface area contributed by atoms with Gasteiger partial charge in [-0.3, -0.25) is 0 Å². The molecule has 1 fully saturated rings. The molecule has 1 aliphatic carbocycles. The molecule has 23 heavy (non-hydrogen) atoms. The second-order valence-electron chi connectivity index (χ2n) is 6.91. The number of aryl methyl sites for hydroxylation is 1. The summed E-state index contributed by atoms with van der Waals surface area (Å²) >= 11 is 5.50. The lowest BCUT2D eigenvalue weighted by atomic mass is 9.96. The SMILES string of the molecule is CCc1ccc([C@H](CNC(=S)NC2CCCCC2)[NH+](C)C)cc1. The lowest BCUT2D eigenvalue weighted by Crippen LogP contribution is -3.07. The summed E-state index contributed by atoms with van der Waals surface area (Å²) in [5.74, 6) is 0. The predicted octanol–water partition coefficient (Wildman–Crippen LogP) is 2.23. The van der Waals surface area contributed by atoms with Crippen LogP contribution in [-0.4, -0.2) is 31.8 Å². The highest BCUT2D eigenvalue weighted by Crippen LogP contribution is 2.17. The monoisotopic (exact) mass is 334 g/mol. The maximum Gasteiger partial charge on any atom is 0.166 e. The Balaban J connectivity index is 1.87. The summed E-state index contributed by atoms with van der Waals surface area (Å²) in [6.07, 6.45) is 7.62. The molecule has 4 heteroatoms. The lowest BCUT2D eigenvalue weighted by Gasteiger charge is -2.26. The molecule has 3 nitrogen and oxygen atoms in total. The van der Waals surface area contributed by atoms with E-state index in [0.29, 0.717) is 12.1 Å². The van der Waals surface area contributed by atoms with Gasteiger partial charge in [0, 0.05) is 11.6 Å². The molecule has 0 aromatic heterocycles. The fourth-order valence-corrected chi connectivity index (χ4v) is 3.57. The van der Waals surface area contributed by atoms with E-state index in [1.807, 2.05) is 0 Å². The molecule has 0 spiro atoms. The predicted molar refractivity (Wildman–Crippen MR) is 102 cm³/mol. The van der Waals surface area contributed by atoms with Gasteiger partial charge >= 0.3 is 0 Å². The van der Waals surface area contributed by atoms with Gasteiger partial charge in [-0.15, -0.1) is 0 Å². The number of quaternary nitrogens is 1. The van der Waals surface area contributed by atoms with E-state index in [1.54, 1.807) is 0 Å². The zero-order valence-corrected chi connectivity index (χ0v) is 15.6. The molecule has 0 amide bonds. The van der Waals surface area contributed by atoms with E-state index in [1.165, 1.54) is 48.1 Å². The van der Waals surface area contributed by atoms with Crippen molar-refractivity contribution in [2.75, 3.05) is 20.6 Å². The molecule has 1 saturated carbocycles. The van der Waals surface area contributed by atoms with Gasteiger partial charge in [0.1, 0.15) is 6.04 Å². The van der Waals surface area contributed by atoms with Crippen molar-refractivity contribution in [3.63, 3.8) is 0 Å². The smallest absolute Gasteiger partial charge is 0.166 e. The zero-order chi connectivity index (χ0) is 16.7. The molecular formula is C19H32N3S+. The first-order chi connectivity index (χ1) is 11.1. The molecule has 1 aromatic carbocycles. The number of nitrogens with one attached hydrogen (secondary N) is 3. The number of hydrogen-bond acceptors (Lipinski definition) is 1. The van der Waals surface area contributed by atoms with Crippen LogP contribution in [0.25, 0.3) is 0 Å².